The van der Waals surface area contributed by atoms with Crippen LogP contribution in [0.15, 0.2) is 109 Å². The molecule has 4 aromatic rings. The molecule has 0 radical (unpaired) electrons. The molecule has 0 aliphatic carbocycles. The molecule has 0 atom stereocenters. The van der Waals surface area contributed by atoms with E-state index in [4.69, 9.17) is 17.5 Å². The molecule has 0 saturated heterocycles. The van der Waals surface area contributed by atoms with Gasteiger partial charge in [0.05, 0.1) is 0 Å². The van der Waals surface area contributed by atoms with Crippen LogP contribution in [0.3, 0.4) is 0 Å². The van der Waals surface area contributed by atoms with Gasteiger partial charge in [0, 0.05) is 0 Å². The Morgan fingerprint density at radius 1 is 0.448 bits per heavy atom. The van der Waals surface area contributed by atoms with Gasteiger partial charge >= 0.3 is 10.4 Å². The Morgan fingerprint density at radius 2 is 0.759 bits per heavy atom. The van der Waals surface area contributed by atoms with Gasteiger partial charge in [-0.05, 0) is 33.4 Å². The predicted octanol–water partition coefficient (Wildman–Crippen LogP) is 6.03. The minimum atomic E-state index is -4.67. The Kier molecular flexibility index (Phi) is 6.57. The highest BCUT2D eigenvalue weighted by atomic mass is 32.3. The van der Waals surface area contributed by atoms with Crippen LogP contribution in [-0.2, 0) is 10.4 Å². The fraction of sp³-hybridized carbons (Fsp3) is 0. The summed E-state index contributed by atoms with van der Waals surface area (Å²) >= 11 is 0. The Balaban J connectivity index is 0.000000431. The molecular formula is C24H20O4S. The molecule has 0 amide bonds. The summed E-state index contributed by atoms with van der Waals surface area (Å²) in [7, 11) is -4.67. The molecule has 0 spiro atoms. The van der Waals surface area contributed by atoms with Crippen molar-refractivity contribution >= 4 is 10.4 Å². The van der Waals surface area contributed by atoms with Crippen LogP contribution in [0.5, 0.6) is 0 Å². The lowest BCUT2D eigenvalue weighted by Crippen LogP contribution is -1.90. The van der Waals surface area contributed by atoms with Crippen molar-refractivity contribution < 1.29 is 17.5 Å². The molecular weight excluding hydrogens is 384 g/mol. The van der Waals surface area contributed by atoms with Crippen molar-refractivity contribution in [3.05, 3.63) is 109 Å². The van der Waals surface area contributed by atoms with Crippen molar-refractivity contribution in [3.63, 3.8) is 0 Å². The van der Waals surface area contributed by atoms with Crippen LogP contribution < -0.4 is 0 Å². The van der Waals surface area contributed by atoms with Crippen molar-refractivity contribution in [2.24, 2.45) is 0 Å². The fourth-order valence-corrected chi connectivity index (χ4v) is 3.18. The maximum Gasteiger partial charge on any atom is 0.394 e. The van der Waals surface area contributed by atoms with E-state index in [1.54, 1.807) is 0 Å². The van der Waals surface area contributed by atoms with Crippen molar-refractivity contribution in [2.75, 3.05) is 0 Å². The summed E-state index contributed by atoms with van der Waals surface area (Å²) in [6.45, 7) is 0. The highest BCUT2D eigenvalue weighted by molar-refractivity contribution is 7.79. The van der Waals surface area contributed by atoms with E-state index in [2.05, 4.69) is 109 Å². The first-order chi connectivity index (χ1) is 13.9. The molecule has 0 fully saturated rings. The second kappa shape index (κ2) is 9.30. The maximum atomic E-state index is 8.74. The largest absolute Gasteiger partial charge is 0.394 e. The summed E-state index contributed by atoms with van der Waals surface area (Å²) in [5, 5.41) is 0. The highest BCUT2D eigenvalue weighted by Gasteiger charge is 2.13. The summed E-state index contributed by atoms with van der Waals surface area (Å²) in [6, 6.07) is 38.4. The summed E-state index contributed by atoms with van der Waals surface area (Å²) in [4.78, 5) is 0. The average molecular weight is 404 g/mol. The lowest BCUT2D eigenvalue weighted by atomic mass is 9.88. The molecule has 2 N–H and O–H groups in total. The quantitative estimate of drug-likeness (QED) is 0.409. The van der Waals surface area contributed by atoms with Gasteiger partial charge in [0.15, 0.2) is 0 Å². The van der Waals surface area contributed by atoms with Crippen LogP contribution in [0.4, 0.5) is 0 Å². The van der Waals surface area contributed by atoms with Crippen LogP contribution in [0, 0.1) is 0 Å². The zero-order valence-corrected chi connectivity index (χ0v) is 16.3. The molecule has 5 heteroatoms. The fourth-order valence-electron chi connectivity index (χ4n) is 3.18. The van der Waals surface area contributed by atoms with Crippen LogP contribution in [0.25, 0.3) is 33.4 Å². The van der Waals surface area contributed by atoms with Crippen LogP contribution in [0.1, 0.15) is 0 Å². The van der Waals surface area contributed by atoms with E-state index in [1.165, 1.54) is 33.4 Å². The lowest BCUT2D eigenvalue weighted by molar-refractivity contribution is 0.381. The first-order valence-electron chi connectivity index (χ1n) is 8.92. The molecule has 29 heavy (non-hydrogen) atoms. The van der Waals surface area contributed by atoms with Crippen LogP contribution >= 0.6 is 0 Å². The van der Waals surface area contributed by atoms with Crippen molar-refractivity contribution in [1.29, 1.82) is 0 Å². The lowest BCUT2D eigenvalue weighted by Gasteiger charge is -2.16. The van der Waals surface area contributed by atoms with Crippen molar-refractivity contribution in [3.8, 4) is 33.4 Å². The van der Waals surface area contributed by atoms with E-state index in [0.717, 1.165) is 0 Å². The van der Waals surface area contributed by atoms with Gasteiger partial charge in [0.25, 0.3) is 0 Å². The number of benzene rings is 4. The minimum Gasteiger partial charge on any atom is -0.264 e. The summed E-state index contributed by atoms with van der Waals surface area (Å²) in [5.41, 5.74) is 7.56. The third-order valence-electron chi connectivity index (χ3n) is 4.30. The van der Waals surface area contributed by atoms with E-state index >= 15 is 0 Å². The maximum absolute atomic E-state index is 8.74. The van der Waals surface area contributed by atoms with Gasteiger partial charge in [0.2, 0.25) is 0 Å². The molecule has 0 aromatic heterocycles. The molecule has 0 bridgehead atoms. The topological polar surface area (TPSA) is 74.6 Å². The van der Waals surface area contributed by atoms with E-state index < -0.39 is 10.4 Å². The van der Waals surface area contributed by atoms with E-state index in [0.29, 0.717) is 0 Å². The van der Waals surface area contributed by atoms with Gasteiger partial charge in [-0.2, -0.15) is 8.42 Å². The standard InChI is InChI=1S/C24H18.H2O4S/c1-4-11-19(12-5-1)22-17-10-18-23(20-13-6-2-7-14-20)24(22)21-15-8-3-9-16-21;1-5(2,3)4/h1-18H;(H2,1,2,3,4). The zero-order chi connectivity index (χ0) is 20.7. The van der Waals surface area contributed by atoms with Crippen molar-refractivity contribution in [2.45, 2.75) is 0 Å². The Labute approximate surface area is 170 Å². The Bertz CT molecular complexity index is 1090. The molecule has 4 nitrogen and oxygen atoms in total. The second-order valence-corrected chi connectivity index (χ2v) is 7.17. The first kappa shape index (κ1) is 20.5. The molecule has 0 saturated carbocycles. The smallest absolute Gasteiger partial charge is 0.264 e. The predicted molar refractivity (Wildman–Crippen MR) is 117 cm³/mol. The van der Waals surface area contributed by atoms with E-state index in [1.807, 2.05) is 0 Å². The summed E-state index contributed by atoms with van der Waals surface area (Å²) in [5.74, 6) is 0. The summed E-state index contributed by atoms with van der Waals surface area (Å²) < 4.78 is 31.6. The summed E-state index contributed by atoms with van der Waals surface area (Å²) in [6.07, 6.45) is 0. The average Bonchev–Trinajstić information content (AvgIpc) is 2.74. The SMILES string of the molecule is O=S(=O)(O)O.c1ccc(-c2cccc(-c3ccccc3)c2-c2ccccc2)cc1. The monoisotopic (exact) mass is 404 g/mol. The second-order valence-electron chi connectivity index (χ2n) is 6.27. The van der Waals surface area contributed by atoms with Gasteiger partial charge in [-0.25, -0.2) is 0 Å². The zero-order valence-electron chi connectivity index (χ0n) is 15.5. The third kappa shape index (κ3) is 5.86. The minimum absolute atomic E-state index is 1.24. The van der Waals surface area contributed by atoms with Gasteiger partial charge in [-0.1, -0.05) is 109 Å². The molecule has 0 aliphatic rings. The van der Waals surface area contributed by atoms with Crippen LogP contribution in [-0.4, -0.2) is 17.5 Å². The number of rotatable bonds is 3. The van der Waals surface area contributed by atoms with Gasteiger partial charge in [-0.3, -0.25) is 9.11 Å². The molecule has 146 valence electrons. The van der Waals surface area contributed by atoms with Crippen LogP contribution in [0.2, 0.25) is 0 Å². The van der Waals surface area contributed by atoms with Gasteiger partial charge in [0.1, 0.15) is 0 Å². The third-order valence-corrected chi connectivity index (χ3v) is 4.30. The van der Waals surface area contributed by atoms with Gasteiger partial charge < -0.3 is 0 Å². The number of hydrogen-bond acceptors (Lipinski definition) is 2. The van der Waals surface area contributed by atoms with E-state index in [9.17, 15) is 0 Å². The van der Waals surface area contributed by atoms with Crippen molar-refractivity contribution in [1.82, 2.24) is 0 Å². The molecule has 4 rings (SSSR count). The number of hydrogen-bond donors (Lipinski definition) is 2. The Hall–Kier alpha value is -3.25. The molecule has 0 heterocycles. The molecule has 0 aliphatic heterocycles. The van der Waals surface area contributed by atoms with E-state index in [-0.39, 0.29) is 0 Å². The highest BCUT2D eigenvalue weighted by Crippen LogP contribution is 2.39. The normalized spacial score (nSPS) is 10.7. The molecule has 0 unspecified atom stereocenters. The molecule has 4 aromatic carbocycles. The first-order valence-corrected chi connectivity index (χ1v) is 10.3. The Morgan fingerprint density at radius 3 is 1.10 bits per heavy atom. The van der Waals surface area contributed by atoms with Gasteiger partial charge in [-0.15, -0.1) is 0 Å².